The molecule has 2 amide bonds. The molecule has 126 valence electrons. The first-order valence-electron chi connectivity index (χ1n) is 7.67. The SMILES string of the molecule is CCOc1ccccc1NC(=O)N1CCc2c(C(=O)O)n[nH]c2C1. The van der Waals surface area contributed by atoms with Gasteiger partial charge in [0, 0.05) is 12.1 Å². The number of carbonyl (C=O) groups excluding carboxylic acids is 1. The van der Waals surface area contributed by atoms with E-state index in [1.165, 1.54) is 0 Å². The maximum atomic E-state index is 12.5. The standard InChI is InChI=1S/C16H18N4O4/c1-2-24-13-6-4-3-5-11(13)17-16(23)20-8-7-10-12(9-20)18-19-14(10)15(21)22/h3-6H,2,7-9H2,1H3,(H,17,23)(H,18,19)(H,21,22). The minimum absolute atomic E-state index is 0.0340. The molecule has 3 N–H and O–H groups in total. The van der Waals surface area contributed by atoms with E-state index in [1.807, 2.05) is 19.1 Å². The Bertz CT molecular complexity index is 771. The molecule has 1 aliphatic rings. The second-order valence-corrected chi connectivity index (χ2v) is 5.37. The van der Waals surface area contributed by atoms with E-state index in [9.17, 15) is 9.59 Å². The molecule has 0 unspecified atom stereocenters. The highest BCUT2D eigenvalue weighted by molar-refractivity contribution is 5.91. The van der Waals surface area contributed by atoms with E-state index in [1.54, 1.807) is 17.0 Å². The molecule has 2 heterocycles. The van der Waals surface area contributed by atoms with E-state index in [0.717, 1.165) is 0 Å². The van der Waals surface area contributed by atoms with Crippen LogP contribution in [0.1, 0.15) is 28.7 Å². The van der Waals surface area contributed by atoms with E-state index in [2.05, 4.69) is 15.5 Å². The third-order valence-corrected chi connectivity index (χ3v) is 3.85. The van der Waals surface area contributed by atoms with Crippen molar-refractivity contribution < 1.29 is 19.4 Å². The molecule has 1 aromatic carbocycles. The Morgan fingerprint density at radius 2 is 2.21 bits per heavy atom. The van der Waals surface area contributed by atoms with Crippen LogP contribution >= 0.6 is 0 Å². The van der Waals surface area contributed by atoms with Gasteiger partial charge in [-0.3, -0.25) is 5.10 Å². The van der Waals surface area contributed by atoms with Crippen molar-refractivity contribution >= 4 is 17.7 Å². The number of aromatic carboxylic acids is 1. The van der Waals surface area contributed by atoms with Crippen LogP contribution in [0.15, 0.2) is 24.3 Å². The number of para-hydroxylation sites is 2. The summed E-state index contributed by atoms with van der Waals surface area (Å²) in [4.78, 5) is 25.2. The van der Waals surface area contributed by atoms with Crippen molar-refractivity contribution in [1.29, 1.82) is 0 Å². The maximum absolute atomic E-state index is 12.5. The van der Waals surface area contributed by atoms with Crippen molar-refractivity contribution in [2.24, 2.45) is 0 Å². The monoisotopic (exact) mass is 330 g/mol. The lowest BCUT2D eigenvalue weighted by molar-refractivity contribution is 0.0689. The molecule has 0 radical (unpaired) electrons. The summed E-state index contributed by atoms with van der Waals surface area (Å²) in [5.74, 6) is -0.447. The van der Waals surface area contributed by atoms with Gasteiger partial charge in [-0.1, -0.05) is 12.1 Å². The number of rotatable bonds is 4. The quantitative estimate of drug-likeness (QED) is 0.795. The van der Waals surface area contributed by atoms with Gasteiger partial charge < -0.3 is 20.1 Å². The molecule has 0 saturated heterocycles. The number of aromatic nitrogens is 2. The van der Waals surface area contributed by atoms with Crippen LogP contribution in [0.5, 0.6) is 5.75 Å². The number of ether oxygens (including phenoxy) is 1. The molecule has 1 aliphatic heterocycles. The number of amides is 2. The minimum Gasteiger partial charge on any atom is -0.492 e. The lowest BCUT2D eigenvalue weighted by Crippen LogP contribution is -2.39. The van der Waals surface area contributed by atoms with Gasteiger partial charge in [-0.2, -0.15) is 5.10 Å². The van der Waals surface area contributed by atoms with Crippen molar-refractivity contribution in [1.82, 2.24) is 15.1 Å². The molecular weight excluding hydrogens is 312 g/mol. The second kappa shape index (κ2) is 6.61. The first-order chi connectivity index (χ1) is 11.6. The van der Waals surface area contributed by atoms with Crippen molar-refractivity contribution in [3.8, 4) is 5.75 Å². The number of benzene rings is 1. The summed E-state index contributed by atoms with van der Waals surface area (Å²) in [5, 5.41) is 18.4. The molecule has 0 atom stereocenters. The fourth-order valence-corrected chi connectivity index (χ4v) is 2.71. The Morgan fingerprint density at radius 3 is 2.96 bits per heavy atom. The molecule has 8 nitrogen and oxygen atoms in total. The first kappa shape index (κ1) is 15.9. The summed E-state index contributed by atoms with van der Waals surface area (Å²) in [6.07, 6.45) is 0.452. The smallest absolute Gasteiger partial charge is 0.356 e. The van der Waals surface area contributed by atoms with E-state index in [-0.39, 0.29) is 18.3 Å². The third-order valence-electron chi connectivity index (χ3n) is 3.85. The Labute approximate surface area is 138 Å². The van der Waals surface area contributed by atoms with Gasteiger partial charge in [0.2, 0.25) is 0 Å². The van der Waals surface area contributed by atoms with Gasteiger partial charge in [0.05, 0.1) is 24.5 Å². The van der Waals surface area contributed by atoms with Crippen LogP contribution in [0.2, 0.25) is 0 Å². The Kier molecular flexibility index (Phi) is 4.37. The van der Waals surface area contributed by atoms with Gasteiger partial charge >= 0.3 is 12.0 Å². The van der Waals surface area contributed by atoms with E-state index < -0.39 is 5.97 Å². The summed E-state index contributed by atoms with van der Waals surface area (Å²) in [6, 6.07) is 6.96. The van der Waals surface area contributed by atoms with Crippen LogP contribution in [0, 0.1) is 0 Å². The Balaban J connectivity index is 1.72. The van der Waals surface area contributed by atoms with Crippen LogP contribution in [-0.2, 0) is 13.0 Å². The minimum atomic E-state index is -1.06. The average molecular weight is 330 g/mol. The Hall–Kier alpha value is -3.03. The zero-order valence-corrected chi connectivity index (χ0v) is 13.2. The lowest BCUT2D eigenvalue weighted by Gasteiger charge is -2.27. The zero-order valence-electron chi connectivity index (χ0n) is 13.2. The average Bonchev–Trinajstić information content (AvgIpc) is 3.00. The summed E-state index contributed by atoms with van der Waals surface area (Å²) in [6.45, 7) is 3.10. The number of anilines is 1. The number of urea groups is 1. The second-order valence-electron chi connectivity index (χ2n) is 5.37. The fourth-order valence-electron chi connectivity index (χ4n) is 2.71. The normalized spacial score (nSPS) is 13.3. The summed E-state index contributed by atoms with van der Waals surface area (Å²) in [7, 11) is 0. The van der Waals surface area contributed by atoms with E-state index in [0.29, 0.717) is 42.3 Å². The molecular formula is C16H18N4O4. The predicted molar refractivity (Wildman–Crippen MR) is 86.3 cm³/mol. The first-order valence-corrected chi connectivity index (χ1v) is 7.67. The number of hydrogen-bond acceptors (Lipinski definition) is 4. The molecule has 0 saturated carbocycles. The van der Waals surface area contributed by atoms with Crippen LogP contribution in [-0.4, -0.2) is 45.4 Å². The Morgan fingerprint density at radius 1 is 1.42 bits per heavy atom. The number of carboxylic acids is 1. The molecule has 0 aliphatic carbocycles. The zero-order chi connectivity index (χ0) is 17.1. The van der Waals surface area contributed by atoms with Gasteiger partial charge in [0.1, 0.15) is 5.75 Å². The van der Waals surface area contributed by atoms with Crippen LogP contribution in [0.3, 0.4) is 0 Å². The molecule has 24 heavy (non-hydrogen) atoms. The third kappa shape index (κ3) is 3.03. The number of carboxylic acid groups (broad SMARTS) is 1. The maximum Gasteiger partial charge on any atom is 0.356 e. The largest absolute Gasteiger partial charge is 0.492 e. The van der Waals surface area contributed by atoms with E-state index >= 15 is 0 Å². The van der Waals surface area contributed by atoms with Crippen LogP contribution in [0.4, 0.5) is 10.5 Å². The number of nitrogens with zero attached hydrogens (tertiary/aromatic N) is 2. The molecule has 8 heteroatoms. The predicted octanol–water partition coefficient (Wildman–Crippen LogP) is 2.10. The van der Waals surface area contributed by atoms with E-state index in [4.69, 9.17) is 9.84 Å². The van der Waals surface area contributed by atoms with Gasteiger partial charge in [-0.15, -0.1) is 0 Å². The number of H-pyrrole nitrogens is 1. The molecule has 1 aromatic heterocycles. The molecule has 0 spiro atoms. The lowest BCUT2D eigenvalue weighted by atomic mass is 10.0. The topological polar surface area (TPSA) is 108 Å². The number of hydrogen-bond donors (Lipinski definition) is 3. The molecule has 0 bridgehead atoms. The molecule has 0 fully saturated rings. The fraction of sp³-hybridized carbons (Fsp3) is 0.312. The summed E-state index contributed by atoms with van der Waals surface area (Å²) >= 11 is 0. The van der Waals surface area contributed by atoms with Crippen LogP contribution < -0.4 is 10.1 Å². The molecule has 2 aromatic rings. The summed E-state index contributed by atoms with van der Waals surface area (Å²) in [5.41, 5.74) is 1.96. The number of fused-ring (bicyclic) bond motifs is 1. The van der Waals surface area contributed by atoms with Crippen LogP contribution in [0.25, 0.3) is 0 Å². The number of nitrogens with one attached hydrogen (secondary N) is 2. The molecule has 3 rings (SSSR count). The highest BCUT2D eigenvalue weighted by Gasteiger charge is 2.27. The van der Waals surface area contributed by atoms with Gasteiger partial charge in [0.15, 0.2) is 5.69 Å². The highest BCUT2D eigenvalue weighted by Crippen LogP contribution is 2.25. The van der Waals surface area contributed by atoms with Gasteiger partial charge in [-0.25, -0.2) is 9.59 Å². The van der Waals surface area contributed by atoms with Crippen molar-refractivity contribution in [2.45, 2.75) is 19.9 Å². The highest BCUT2D eigenvalue weighted by atomic mass is 16.5. The van der Waals surface area contributed by atoms with Crippen molar-refractivity contribution in [3.05, 3.63) is 41.2 Å². The van der Waals surface area contributed by atoms with Crippen molar-refractivity contribution in [3.63, 3.8) is 0 Å². The number of aromatic amines is 1. The number of carbonyl (C=O) groups is 2. The van der Waals surface area contributed by atoms with Gasteiger partial charge in [0.25, 0.3) is 0 Å². The van der Waals surface area contributed by atoms with Gasteiger partial charge in [-0.05, 0) is 25.5 Å². The van der Waals surface area contributed by atoms with Crippen molar-refractivity contribution in [2.75, 3.05) is 18.5 Å². The summed E-state index contributed by atoms with van der Waals surface area (Å²) < 4.78 is 5.50.